The number of amides is 1. The molecular formula is C19H26N4O2. The number of hydrogen-bond donors (Lipinski definition) is 0. The maximum atomic E-state index is 13.1. The number of hydrogen-bond acceptors (Lipinski definition) is 3. The van der Waals surface area contributed by atoms with Gasteiger partial charge in [-0.1, -0.05) is 12.8 Å². The van der Waals surface area contributed by atoms with E-state index in [2.05, 4.69) is 9.88 Å². The van der Waals surface area contributed by atoms with Crippen LogP contribution in [-0.2, 0) is 17.9 Å². The summed E-state index contributed by atoms with van der Waals surface area (Å²) in [6.07, 6.45) is 8.88. The van der Waals surface area contributed by atoms with Crippen molar-refractivity contribution in [1.29, 1.82) is 0 Å². The summed E-state index contributed by atoms with van der Waals surface area (Å²) in [5, 5.41) is 0. The van der Waals surface area contributed by atoms with Crippen molar-refractivity contribution >= 4 is 17.1 Å². The molecule has 6 nitrogen and oxygen atoms in total. The van der Waals surface area contributed by atoms with Gasteiger partial charge in [-0.05, 0) is 50.7 Å². The van der Waals surface area contributed by atoms with E-state index >= 15 is 0 Å². The predicted octanol–water partition coefficient (Wildman–Crippen LogP) is 2.40. The molecule has 2 fully saturated rings. The Kier molecular flexibility index (Phi) is 4.36. The third kappa shape index (κ3) is 2.77. The quantitative estimate of drug-likeness (QED) is 0.860. The number of carbonyl (C=O) groups is 1. The van der Waals surface area contributed by atoms with Crippen molar-refractivity contribution in [3.05, 3.63) is 28.8 Å². The number of carbonyl (C=O) groups excluding carboxylic acids is 1. The van der Waals surface area contributed by atoms with Crippen LogP contribution in [0.1, 0.15) is 45.4 Å². The first kappa shape index (κ1) is 16.4. The Morgan fingerprint density at radius 3 is 2.84 bits per heavy atom. The molecule has 0 radical (unpaired) electrons. The third-order valence-corrected chi connectivity index (χ3v) is 5.95. The maximum absolute atomic E-state index is 13.1. The highest BCUT2D eigenvalue weighted by Crippen LogP contribution is 2.35. The van der Waals surface area contributed by atoms with Crippen molar-refractivity contribution in [2.24, 2.45) is 5.92 Å². The molecule has 0 N–H and O–H groups in total. The molecule has 3 heterocycles. The molecule has 2 atom stereocenters. The molecule has 2 aromatic heterocycles. The Hall–Kier alpha value is -2.11. The number of imidazole rings is 1. The molecule has 0 bridgehead atoms. The van der Waals surface area contributed by atoms with Gasteiger partial charge in [0.1, 0.15) is 6.54 Å². The van der Waals surface area contributed by atoms with Crippen LogP contribution in [0.25, 0.3) is 11.2 Å². The summed E-state index contributed by atoms with van der Waals surface area (Å²) in [4.78, 5) is 32.2. The van der Waals surface area contributed by atoms with Gasteiger partial charge in [-0.3, -0.25) is 13.9 Å². The molecule has 0 unspecified atom stereocenters. The average Bonchev–Trinajstić information content (AvgIpc) is 2.92. The van der Waals surface area contributed by atoms with Crippen molar-refractivity contribution in [3.8, 4) is 0 Å². The normalized spacial score (nSPS) is 23.6. The summed E-state index contributed by atoms with van der Waals surface area (Å²) in [6, 6.07) is 4.08. The van der Waals surface area contributed by atoms with Crippen LogP contribution in [-0.4, -0.2) is 37.5 Å². The van der Waals surface area contributed by atoms with Crippen LogP contribution in [0.4, 0.5) is 0 Å². The zero-order valence-corrected chi connectivity index (χ0v) is 14.9. The first-order valence-electron chi connectivity index (χ1n) is 9.54. The lowest BCUT2D eigenvalue weighted by Crippen LogP contribution is -2.51. The van der Waals surface area contributed by atoms with Crippen LogP contribution in [0, 0.1) is 5.92 Å². The molecule has 2 aliphatic rings. The van der Waals surface area contributed by atoms with Gasteiger partial charge >= 0.3 is 5.69 Å². The van der Waals surface area contributed by atoms with Crippen LogP contribution < -0.4 is 5.69 Å². The zero-order chi connectivity index (χ0) is 17.4. The summed E-state index contributed by atoms with van der Waals surface area (Å²) in [5.41, 5.74) is 1.28. The Bertz CT molecular complexity index is 836. The molecule has 0 spiro atoms. The minimum absolute atomic E-state index is 0.0812. The van der Waals surface area contributed by atoms with Gasteiger partial charge < -0.3 is 4.90 Å². The van der Waals surface area contributed by atoms with Crippen molar-refractivity contribution in [2.45, 2.75) is 64.6 Å². The van der Waals surface area contributed by atoms with E-state index in [9.17, 15) is 9.59 Å². The van der Waals surface area contributed by atoms with E-state index in [4.69, 9.17) is 0 Å². The molecular weight excluding hydrogens is 316 g/mol. The van der Waals surface area contributed by atoms with Crippen LogP contribution in [0.2, 0.25) is 0 Å². The molecule has 4 rings (SSSR count). The standard InChI is InChI=1S/C19H26N4O2/c1-2-21-18-16(10-5-11-20-18)23(19(21)25)13-17(24)22-12-6-8-14-7-3-4-9-15(14)22/h5,10-11,14-15H,2-4,6-9,12-13H2,1H3/t14-,15-/m0/s1. The summed E-state index contributed by atoms with van der Waals surface area (Å²) in [6.45, 7) is 3.44. The second kappa shape index (κ2) is 6.65. The molecule has 25 heavy (non-hydrogen) atoms. The molecule has 2 aromatic rings. The first-order valence-corrected chi connectivity index (χ1v) is 9.54. The highest BCUT2D eigenvalue weighted by molar-refractivity contribution is 5.79. The molecule has 1 saturated carbocycles. The Balaban J connectivity index is 1.64. The number of nitrogens with zero attached hydrogens (tertiary/aromatic N) is 4. The lowest BCUT2D eigenvalue weighted by atomic mass is 9.78. The second-order valence-electron chi connectivity index (χ2n) is 7.30. The minimum Gasteiger partial charge on any atom is -0.338 e. The van der Waals surface area contributed by atoms with Crippen molar-refractivity contribution < 1.29 is 4.79 Å². The SMILES string of the molecule is CCn1c(=O)n(CC(=O)N2CCC[C@@H]3CCCC[C@@H]32)c2cccnc21. The van der Waals surface area contributed by atoms with Crippen LogP contribution in [0.3, 0.4) is 0 Å². The third-order valence-electron chi connectivity index (χ3n) is 5.95. The molecule has 6 heteroatoms. The van der Waals surface area contributed by atoms with Crippen molar-refractivity contribution in [1.82, 2.24) is 19.0 Å². The number of piperidine rings is 1. The lowest BCUT2D eigenvalue weighted by molar-refractivity contribution is -0.138. The molecule has 1 aliphatic heterocycles. The van der Waals surface area contributed by atoms with Gasteiger partial charge in [0.05, 0.1) is 5.52 Å². The van der Waals surface area contributed by atoms with Crippen molar-refractivity contribution in [3.63, 3.8) is 0 Å². The smallest absolute Gasteiger partial charge is 0.330 e. The van der Waals surface area contributed by atoms with Gasteiger partial charge in [-0.25, -0.2) is 9.78 Å². The fourth-order valence-corrected chi connectivity index (χ4v) is 4.74. The van der Waals surface area contributed by atoms with Crippen LogP contribution in [0.5, 0.6) is 0 Å². The number of aryl methyl sites for hydroxylation is 1. The number of pyridine rings is 1. The zero-order valence-electron chi connectivity index (χ0n) is 14.9. The van der Waals surface area contributed by atoms with Crippen LogP contribution >= 0.6 is 0 Å². The van der Waals surface area contributed by atoms with Crippen LogP contribution in [0.15, 0.2) is 23.1 Å². The van der Waals surface area contributed by atoms with E-state index in [1.807, 2.05) is 19.1 Å². The lowest BCUT2D eigenvalue weighted by Gasteiger charge is -2.44. The highest BCUT2D eigenvalue weighted by Gasteiger charge is 2.35. The molecule has 1 saturated heterocycles. The van der Waals surface area contributed by atoms with Crippen molar-refractivity contribution in [2.75, 3.05) is 6.54 Å². The molecule has 1 aliphatic carbocycles. The van der Waals surface area contributed by atoms with E-state index in [1.165, 1.54) is 25.7 Å². The Labute approximate surface area is 147 Å². The van der Waals surface area contributed by atoms with E-state index < -0.39 is 0 Å². The molecule has 1 amide bonds. The Morgan fingerprint density at radius 1 is 1.20 bits per heavy atom. The molecule has 0 aromatic carbocycles. The second-order valence-corrected chi connectivity index (χ2v) is 7.30. The highest BCUT2D eigenvalue weighted by atomic mass is 16.2. The van der Waals surface area contributed by atoms with Gasteiger partial charge in [-0.15, -0.1) is 0 Å². The Morgan fingerprint density at radius 2 is 2.00 bits per heavy atom. The van der Waals surface area contributed by atoms with Gasteiger partial charge in [0.25, 0.3) is 0 Å². The number of fused-ring (bicyclic) bond motifs is 2. The monoisotopic (exact) mass is 342 g/mol. The maximum Gasteiger partial charge on any atom is 0.330 e. The molecule has 134 valence electrons. The van der Waals surface area contributed by atoms with Gasteiger partial charge in [0.2, 0.25) is 5.91 Å². The topological polar surface area (TPSA) is 60.1 Å². The summed E-state index contributed by atoms with van der Waals surface area (Å²) in [5.74, 6) is 0.736. The van der Waals surface area contributed by atoms with Gasteiger partial charge in [-0.2, -0.15) is 0 Å². The summed E-state index contributed by atoms with van der Waals surface area (Å²) in [7, 11) is 0. The summed E-state index contributed by atoms with van der Waals surface area (Å²) >= 11 is 0. The van der Waals surface area contributed by atoms with E-state index in [1.54, 1.807) is 15.3 Å². The number of aromatic nitrogens is 3. The fraction of sp³-hybridized carbons (Fsp3) is 0.632. The van der Waals surface area contributed by atoms with E-state index in [0.717, 1.165) is 24.9 Å². The average molecular weight is 342 g/mol. The fourth-order valence-electron chi connectivity index (χ4n) is 4.74. The van der Waals surface area contributed by atoms with Gasteiger partial charge in [0.15, 0.2) is 5.65 Å². The predicted molar refractivity (Wildman–Crippen MR) is 96.4 cm³/mol. The van der Waals surface area contributed by atoms with E-state index in [0.29, 0.717) is 24.2 Å². The minimum atomic E-state index is -0.137. The first-order chi connectivity index (χ1) is 12.2. The van der Waals surface area contributed by atoms with E-state index in [-0.39, 0.29) is 18.1 Å². The largest absolute Gasteiger partial charge is 0.338 e. The summed E-state index contributed by atoms with van der Waals surface area (Å²) < 4.78 is 3.24. The van der Waals surface area contributed by atoms with Gasteiger partial charge in [0, 0.05) is 25.3 Å². The number of rotatable bonds is 3. The number of likely N-dealkylation sites (tertiary alicyclic amines) is 1.